The second-order valence-corrected chi connectivity index (χ2v) is 4.87. The Bertz CT molecular complexity index is 802. The van der Waals surface area contributed by atoms with Gasteiger partial charge >= 0.3 is 0 Å². The first-order valence-corrected chi connectivity index (χ1v) is 7.08. The van der Waals surface area contributed by atoms with Gasteiger partial charge in [-0.3, -0.25) is 9.78 Å². The molecule has 1 N–H and O–H groups in total. The van der Waals surface area contributed by atoms with E-state index in [-0.39, 0.29) is 5.91 Å². The highest BCUT2D eigenvalue weighted by Crippen LogP contribution is 2.21. The molecule has 0 aliphatic rings. The molecule has 0 spiro atoms. The molecule has 0 aliphatic heterocycles. The number of hydrogen-bond donors (Lipinski definition) is 1. The van der Waals surface area contributed by atoms with Gasteiger partial charge in [0, 0.05) is 41.5 Å². The zero-order chi connectivity index (χ0) is 16.1. The molecule has 0 saturated heterocycles. The molecule has 0 aliphatic carbocycles. The van der Waals surface area contributed by atoms with E-state index < -0.39 is 0 Å². The molecule has 0 bridgehead atoms. The number of amides is 1. The number of anilines is 1. The molecular formula is C18H15N3O2. The second kappa shape index (κ2) is 6.70. The van der Waals surface area contributed by atoms with Crippen LogP contribution in [0.15, 0.2) is 67.1 Å². The smallest absolute Gasteiger partial charge is 0.257 e. The second-order valence-electron chi connectivity index (χ2n) is 4.87. The topological polar surface area (TPSA) is 64.1 Å². The molecular weight excluding hydrogens is 290 g/mol. The van der Waals surface area contributed by atoms with Gasteiger partial charge in [-0.05, 0) is 24.3 Å². The third-order valence-electron chi connectivity index (χ3n) is 3.31. The van der Waals surface area contributed by atoms with Gasteiger partial charge in [0.05, 0.1) is 12.7 Å². The molecule has 114 valence electrons. The van der Waals surface area contributed by atoms with E-state index in [1.54, 1.807) is 37.8 Å². The summed E-state index contributed by atoms with van der Waals surface area (Å²) in [6.07, 6.45) is 4.93. The zero-order valence-corrected chi connectivity index (χ0v) is 12.6. The first-order chi connectivity index (χ1) is 11.3. The monoisotopic (exact) mass is 305 g/mol. The maximum absolute atomic E-state index is 12.3. The molecule has 5 nitrogen and oxygen atoms in total. The van der Waals surface area contributed by atoms with Crippen LogP contribution >= 0.6 is 0 Å². The van der Waals surface area contributed by atoms with Crippen molar-refractivity contribution in [1.82, 2.24) is 9.97 Å². The van der Waals surface area contributed by atoms with Crippen molar-refractivity contribution in [1.29, 1.82) is 0 Å². The summed E-state index contributed by atoms with van der Waals surface area (Å²) < 4.78 is 5.04. The van der Waals surface area contributed by atoms with Crippen LogP contribution < -0.4 is 10.1 Å². The summed E-state index contributed by atoms with van der Waals surface area (Å²) in [6.45, 7) is 0. The van der Waals surface area contributed by atoms with Crippen LogP contribution in [0, 0.1) is 0 Å². The van der Waals surface area contributed by atoms with Crippen LogP contribution in [0.5, 0.6) is 5.88 Å². The largest absolute Gasteiger partial charge is 0.481 e. The molecule has 2 aromatic heterocycles. The van der Waals surface area contributed by atoms with Gasteiger partial charge in [-0.2, -0.15) is 0 Å². The highest BCUT2D eigenvalue weighted by Gasteiger charge is 2.08. The fourth-order valence-electron chi connectivity index (χ4n) is 2.12. The van der Waals surface area contributed by atoms with Gasteiger partial charge in [0.1, 0.15) is 0 Å². The van der Waals surface area contributed by atoms with Crippen molar-refractivity contribution in [2.24, 2.45) is 0 Å². The lowest BCUT2D eigenvalue weighted by atomic mass is 10.1. The molecule has 1 amide bonds. The Hall–Kier alpha value is -3.21. The van der Waals surface area contributed by atoms with E-state index >= 15 is 0 Å². The van der Waals surface area contributed by atoms with Crippen LogP contribution in [0.1, 0.15) is 10.4 Å². The number of hydrogen-bond acceptors (Lipinski definition) is 4. The first-order valence-electron chi connectivity index (χ1n) is 7.08. The van der Waals surface area contributed by atoms with Crippen molar-refractivity contribution in [3.05, 3.63) is 72.7 Å². The van der Waals surface area contributed by atoms with Crippen molar-refractivity contribution in [2.45, 2.75) is 0 Å². The van der Waals surface area contributed by atoms with Crippen molar-refractivity contribution in [2.75, 3.05) is 12.4 Å². The lowest BCUT2D eigenvalue weighted by Crippen LogP contribution is -2.12. The Labute approximate surface area is 134 Å². The zero-order valence-electron chi connectivity index (χ0n) is 12.6. The van der Waals surface area contributed by atoms with E-state index in [1.165, 1.54) is 0 Å². The Morgan fingerprint density at radius 1 is 1.00 bits per heavy atom. The van der Waals surface area contributed by atoms with E-state index in [4.69, 9.17) is 4.74 Å². The minimum Gasteiger partial charge on any atom is -0.481 e. The standard InChI is InChI=1S/C18H15N3O2/c1-23-17-8-7-13(12-20-17)14-9-15(11-19-10-14)18(22)21-16-5-3-2-4-6-16/h2-12H,1H3,(H,21,22). The van der Waals surface area contributed by atoms with E-state index in [0.29, 0.717) is 11.4 Å². The van der Waals surface area contributed by atoms with E-state index in [0.717, 1.165) is 16.8 Å². The van der Waals surface area contributed by atoms with Crippen molar-refractivity contribution >= 4 is 11.6 Å². The summed E-state index contributed by atoms with van der Waals surface area (Å²) in [4.78, 5) is 20.6. The minimum absolute atomic E-state index is 0.202. The van der Waals surface area contributed by atoms with Crippen molar-refractivity contribution in [3.8, 4) is 17.0 Å². The number of benzene rings is 1. The predicted molar refractivity (Wildman–Crippen MR) is 88.4 cm³/mol. The summed E-state index contributed by atoms with van der Waals surface area (Å²) in [5.74, 6) is 0.340. The number of rotatable bonds is 4. The number of aromatic nitrogens is 2. The third kappa shape index (κ3) is 3.52. The van der Waals surface area contributed by atoms with Gasteiger partial charge in [-0.1, -0.05) is 18.2 Å². The third-order valence-corrected chi connectivity index (χ3v) is 3.31. The van der Waals surface area contributed by atoms with Crippen LogP contribution in [0.25, 0.3) is 11.1 Å². The Morgan fingerprint density at radius 3 is 2.52 bits per heavy atom. The quantitative estimate of drug-likeness (QED) is 0.802. The number of pyridine rings is 2. The first kappa shape index (κ1) is 14.7. The molecule has 2 heterocycles. The Kier molecular flexibility index (Phi) is 4.29. The van der Waals surface area contributed by atoms with Gasteiger partial charge in [-0.25, -0.2) is 4.98 Å². The molecule has 0 unspecified atom stereocenters. The maximum Gasteiger partial charge on any atom is 0.257 e. The van der Waals surface area contributed by atoms with Crippen LogP contribution in [0.4, 0.5) is 5.69 Å². The van der Waals surface area contributed by atoms with E-state index in [1.807, 2.05) is 36.4 Å². The maximum atomic E-state index is 12.3. The molecule has 1 aromatic carbocycles. The highest BCUT2D eigenvalue weighted by atomic mass is 16.5. The molecule has 5 heteroatoms. The van der Waals surface area contributed by atoms with Crippen molar-refractivity contribution < 1.29 is 9.53 Å². The summed E-state index contributed by atoms with van der Waals surface area (Å²) in [7, 11) is 1.57. The molecule has 3 aromatic rings. The highest BCUT2D eigenvalue weighted by molar-refractivity contribution is 6.04. The lowest BCUT2D eigenvalue weighted by Gasteiger charge is -2.07. The molecule has 0 atom stereocenters. The lowest BCUT2D eigenvalue weighted by molar-refractivity contribution is 0.102. The van der Waals surface area contributed by atoms with E-state index in [2.05, 4.69) is 15.3 Å². The summed E-state index contributed by atoms with van der Waals surface area (Å²) in [5, 5.41) is 2.84. The fourth-order valence-corrected chi connectivity index (χ4v) is 2.12. The number of ether oxygens (including phenoxy) is 1. The molecule has 23 heavy (non-hydrogen) atoms. The molecule has 0 radical (unpaired) electrons. The summed E-state index contributed by atoms with van der Waals surface area (Å²) in [6, 6.07) is 14.7. The van der Waals surface area contributed by atoms with Gasteiger partial charge in [-0.15, -0.1) is 0 Å². The van der Waals surface area contributed by atoms with Crippen LogP contribution in [0.2, 0.25) is 0 Å². The number of carbonyl (C=O) groups is 1. The van der Waals surface area contributed by atoms with Gasteiger partial charge in [0.15, 0.2) is 0 Å². The van der Waals surface area contributed by atoms with Crippen LogP contribution in [-0.4, -0.2) is 23.0 Å². The molecule has 3 rings (SSSR count). The number of para-hydroxylation sites is 1. The minimum atomic E-state index is -0.202. The van der Waals surface area contributed by atoms with Gasteiger partial charge in [0.2, 0.25) is 5.88 Å². The van der Waals surface area contributed by atoms with Crippen molar-refractivity contribution in [3.63, 3.8) is 0 Å². The normalized spacial score (nSPS) is 10.1. The van der Waals surface area contributed by atoms with Crippen LogP contribution in [0.3, 0.4) is 0 Å². The SMILES string of the molecule is COc1ccc(-c2cncc(C(=O)Nc3ccccc3)c2)cn1. The van der Waals surface area contributed by atoms with Crippen LogP contribution in [-0.2, 0) is 0 Å². The number of carbonyl (C=O) groups excluding carboxylic acids is 1. The Morgan fingerprint density at radius 2 is 1.83 bits per heavy atom. The number of methoxy groups -OCH3 is 1. The van der Waals surface area contributed by atoms with E-state index in [9.17, 15) is 4.79 Å². The summed E-state index contributed by atoms with van der Waals surface area (Å²) >= 11 is 0. The predicted octanol–water partition coefficient (Wildman–Crippen LogP) is 3.40. The molecule has 0 saturated carbocycles. The fraction of sp³-hybridized carbons (Fsp3) is 0.0556. The number of nitrogens with one attached hydrogen (secondary N) is 1. The summed E-state index contributed by atoms with van der Waals surface area (Å²) in [5.41, 5.74) is 2.92. The average Bonchev–Trinajstić information content (AvgIpc) is 2.63. The number of nitrogens with zero attached hydrogens (tertiary/aromatic N) is 2. The van der Waals surface area contributed by atoms with Gasteiger partial charge < -0.3 is 10.1 Å². The molecule has 0 fully saturated rings. The Balaban J connectivity index is 1.82. The van der Waals surface area contributed by atoms with Gasteiger partial charge in [0.25, 0.3) is 5.91 Å². The average molecular weight is 305 g/mol.